The lowest BCUT2D eigenvalue weighted by Crippen LogP contribution is -2.33. The fourth-order valence-corrected chi connectivity index (χ4v) is 8.45. The first kappa shape index (κ1) is 22.2. The quantitative estimate of drug-likeness (QED) is 0.453. The van der Waals surface area contributed by atoms with Gasteiger partial charge >= 0.3 is 0 Å². The van der Waals surface area contributed by atoms with Crippen LogP contribution in [-0.4, -0.2) is 23.6 Å². The SMILES string of the molecule is Cc1cc(-c2ccc(N3C(=O)[C@@H]4[C@H](C3=O)[C@H]3C=C[C@H]4C3)c(C)c2)ccc1N1C(=O)[C@@H]2[C@@H](C1=O)[C@H]1C=C[C@H]2C1. The van der Waals surface area contributed by atoms with Crippen molar-refractivity contribution in [2.75, 3.05) is 9.80 Å². The molecule has 4 bridgehead atoms. The third-order valence-corrected chi connectivity index (χ3v) is 10.1. The van der Waals surface area contributed by atoms with Crippen molar-refractivity contribution in [3.8, 4) is 11.1 Å². The second-order valence-corrected chi connectivity index (χ2v) is 12.0. The summed E-state index contributed by atoms with van der Waals surface area (Å²) in [5.41, 5.74) is 4.97. The van der Waals surface area contributed by atoms with Gasteiger partial charge < -0.3 is 0 Å². The number of allylic oxidation sites excluding steroid dienone is 4. The van der Waals surface area contributed by atoms with Gasteiger partial charge in [-0.1, -0.05) is 36.4 Å². The average Bonchev–Trinajstić information content (AvgIpc) is 3.74. The number of nitrogens with zero attached hydrogens (tertiary/aromatic N) is 2. The third kappa shape index (κ3) is 2.68. The molecule has 2 saturated heterocycles. The number of aryl methyl sites for hydroxylation is 2. The maximum absolute atomic E-state index is 13.3. The molecule has 0 N–H and O–H groups in total. The minimum Gasteiger partial charge on any atom is -0.274 e. The Labute approximate surface area is 221 Å². The number of fused-ring (bicyclic) bond motifs is 10. The van der Waals surface area contributed by atoms with E-state index in [1.54, 1.807) is 0 Å². The van der Waals surface area contributed by atoms with Crippen LogP contribution in [0.15, 0.2) is 60.7 Å². The van der Waals surface area contributed by atoms with Crippen LogP contribution in [0.3, 0.4) is 0 Å². The van der Waals surface area contributed by atoms with Gasteiger partial charge in [0.25, 0.3) is 0 Å². The van der Waals surface area contributed by atoms with Gasteiger partial charge in [-0.25, -0.2) is 9.80 Å². The molecule has 2 saturated carbocycles. The zero-order valence-electron chi connectivity index (χ0n) is 21.3. The van der Waals surface area contributed by atoms with Crippen LogP contribution in [0.4, 0.5) is 11.4 Å². The van der Waals surface area contributed by atoms with Gasteiger partial charge in [0, 0.05) is 0 Å². The van der Waals surface area contributed by atoms with E-state index in [0.717, 1.165) is 35.1 Å². The summed E-state index contributed by atoms with van der Waals surface area (Å²) in [6.07, 6.45) is 10.3. The van der Waals surface area contributed by atoms with E-state index >= 15 is 0 Å². The van der Waals surface area contributed by atoms with Crippen LogP contribution in [0.5, 0.6) is 0 Å². The molecular weight excluding hydrogens is 476 g/mol. The number of imide groups is 2. The van der Waals surface area contributed by atoms with E-state index in [1.807, 2.05) is 50.2 Å². The number of hydrogen-bond donors (Lipinski definition) is 0. The van der Waals surface area contributed by atoms with Crippen LogP contribution in [-0.2, 0) is 19.2 Å². The predicted molar refractivity (Wildman–Crippen MR) is 142 cm³/mol. The highest BCUT2D eigenvalue weighted by molar-refractivity contribution is 6.24. The molecule has 2 heterocycles. The van der Waals surface area contributed by atoms with Gasteiger partial charge in [-0.15, -0.1) is 0 Å². The number of carbonyl (C=O) groups is 4. The van der Waals surface area contributed by atoms with E-state index in [9.17, 15) is 19.2 Å². The van der Waals surface area contributed by atoms with Gasteiger partial charge in [0.15, 0.2) is 0 Å². The second-order valence-electron chi connectivity index (χ2n) is 12.0. The van der Waals surface area contributed by atoms with Gasteiger partial charge in [-0.3, -0.25) is 19.2 Å². The van der Waals surface area contributed by atoms with Crippen LogP contribution in [0.2, 0.25) is 0 Å². The largest absolute Gasteiger partial charge is 0.274 e. The molecule has 4 aliphatic carbocycles. The summed E-state index contributed by atoms with van der Waals surface area (Å²) in [6, 6.07) is 11.6. The van der Waals surface area contributed by atoms with Crippen molar-refractivity contribution < 1.29 is 19.2 Å². The fraction of sp³-hybridized carbons (Fsp3) is 0.375. The van der Waals surface area contributed by atoms with E-state index < -0.39 is 0 Å². The molecule has 8 atom stereocenters. The molecule has 6 aliphatic rings. The van der Waals surface area contributed by atoms with E-state index in [1.165, 1.54) is 9.80 Å². The maximum Gasteiger partial charge on any atom is 0.238 e. The molecule has 2 aromatic carbocycles. The molecule has 38 heavy (non-hydrogen) atoms. The molecule has 190 valence electrons. The Morgan fingerprint density at radius 3 is 1.13 bits per heavy atom. The van der Waals surface area contributed by atoms with Crippen molar-refractivity contribution in [2.24, 2.45) is 47.3 Å². The number of carbonyl (C=O) groups excluding carboxylic acids is 4. The summed E-state index contributed by atoms with van der Waals surface area (Å²) in [5.74, 6) is -0.380. The zero-order valence-corrected chi connectivity index (χ0v) is 21.3. The Morgan fingerprint density at radius 1 is 0.526 bits per heavy atom. The lowest BCUT2D eigenvalue weighted by molar-refractivity contribution is -0.124. The summed E-state index contributed by atoms with van der Waals surface area (Å²) in [5, 5.41) is 0. The molecular formula is C32H28N2O4. The first-order valence-corrected chi connectivity index (χ1v) is 13.7. The van der Waals surface area contributed by atoms with E-state index in [0.29, 0.717) is 11.4 Å². The molecule has 0 unspecified atom stereocenters. The molecule has 4 amide bonds. The first-order valence-electron chi connectivity index (χ1n) is 13.7. The fourth-order valence-electron chi connectivity index (χ4n) is 8.45. The molecule has 8 rings (SSSR count). The first-order chi connectivity index (χ1) is 18.3. The van der Waals surface area contributed by atoms with Crippen molar-refractivity contribution in [3.05, 3.63) is 71.8 Å². The van der Waals surface area contributed by atoms with Gasteiger partial charge in [-0.05, 0) is 96.9 Å². The molecule has 2 aliphatic heterocycles. The van der Waals surface area contributed by atoms with Crippen molar-refractivity contribution in [1.29, 1.82) is 0 Å². The van der Waals surface area contributed by atoms with Gasteiger partial charge in [0.05, 0.1) is 35.0 Å². The maximum atomic E-state index is 13.3. The monoisotopic (exact) mass is 504 g/mol. The Balaban J connectivity index is 1.08. The average molecular weight is 505 g/mol. The van der Waals surface area contributed by atoms with Crippen LogP contribution in [0.25, 0.3) is 11.1 Å². The summed E-state index contributed by atoms with van der Waals surface area (Å²) in [7, 11) is 0. The van der Waals surface area contributed by atoms with Crippen LogP contribution >= 0.6 is 0 Å². The van der Waals surface area contributed by atoms with Crippen molar-refractivity contribution in [2.45, 2.75) is 26.7 Å². The molecule has 0 spiro atoms. The molecule has 2 aromatic rings. The minimum atomic E-state index is -0.215. The molecule has 6 heteroatoms. The molecule has 6 nitrogen and oxygen atoms in total. The summed E-state index contributed by atoms with van der Waals surface area (Å²) < 4.78 is 0. The van der Waals surface area contributed by atoms with Crippen LogP contribution in [0.1, 0.15) is 24.0 Å². The highest BCUT2D eigenvalue weighted by Gasteiger charge is 2.60. The molecule has 4 fully saturated rings. The Hall–Kier alpha value is -3.80. The zero-order chi connectivity index (χ0) is 26.0. The standard InChI is InChI=1S/C32H28N2O4/c1-15-11-17(7-9-23(15)33-29(35)25-19-3-4-20(13-19)26(25)30(33)36)18-8-10-24(16(2)12-18)34-31(37)27-21-5-6-22(14-21)28(27)32(34)38/h3-12,19-22,25-28H,13-14H2,1-2H3/t19-,20-,21-,22-,25-,26-,27-,28+/m0/s1. The minimum absolute atomic E-state index is 0.0683. The lowest BCUT2D eigenvalue weighted by Gasteiger charge is -2.21. The summed E-state index contributed by atoms with van der Waals surface area (Å²) in [4.78, 5) is 56.0. The van der Waals surface area contributed by atoms with Crippen LogP contribution in [0, 0.1) is 61.2 Å². The molecule has 0 aromatic heterocycles. The van der Waals surface area contributed by atoms with Gasteiger partial charge in [0.2, 0.25) is 23.6 Å². The highest BCUT2D eigenvalue weighted by Crippen LogP contribution is 2.54. The summed E-state index contributed by atoms with van der Waals surface area (Å²) in [6.45, 7) is 3.87. The number of hydrogen-bond acceptors (Lipinski definition) is 4. The van der Waals surface area contributed by atoms with Crippen molar-refractivity contribution in [3.63, 3.8) is 0 Å². The highest BCUT2D eigenvalue weighted by atomic mass is 16.2. The topological polar surface area (TPSA) is 74.8 Å². The van der Waals surface area contributed by atoms with Crippen molar-refractivity contribution >= 4 is 35.0 Å². The van der Waals surface area contributed by atoms with Gasteiger partial charge in [-0.2, -0.15) is 0 Å². The number of anilines is 2. The number of rotatable bonds is 3. The van der Waals surface area contributed by atoms with E-state index in [4.69, 9.17) is 0 Å². The second kappa shape index (κ2) is 7.40. The van der Waals surface area contributed by atoms with Crippen LogP contribution < -0.4 is 9.80 Å². The smallest absolute Gasteiger partial charge is 0.238 e. The predicted octanol–water partition coefficient (Wildman–Crippen LogP) is 4.59. The Kier molecular flexibility index (Phi) is 4.33. The molecule has 0 radical (unpaired) electrons. The van der Waals surface area contributed by atoms with E-state index in [-0.39, 0.29) is 71.0 Å². The number of amides is 4. The van der Waals surface area contributed by atoms with E-state index in [2.05, 4.69) is 24.3 Å². The summed E-state index contributed by atoms with van der Waals surface area (Å²) >= 11 is 0. The lowest BCUT2D eigenvalue weighted by atomic mass is 9.85. The van der Waals surface area contributed by atoms with Crippen molar-refractivity contribution in [1.82, 2.24) is 0 Å². The number of benzene rings is 2. The third-order valence-electron chi connectivity index (χ3n) is 10.1. The Bertz CT molecular complexity index is 1380. The Morgan fingerprint density at radius 2 is 0.842 bits per heavy atom. The normalized spacial score (nSPS) is 35.8. The van der Waals surface area contributed by atoms with Gasteiger partial charge in [0.1, 0.15) is 0 Å².